The van der Waals surface area contributed by atoms with E-state index in [4.69, 9.17) is 9.47 Å². The zero-order valence-electron chi connectivity index (χ0n) is 15.6. The van der Waals surface area contributed by atoms with Crippen LogP contribution < -0.4 is 19.7 Å². The molecule has 2 aromatic carbocycles. The van der Waals surface area contributed by atoms with Gasteiger partial charge in [-0.05, 0) is 43.0 Å². The molecule has 0 saturated carbocycles. The first-order chi connectivity index (χ1) is 12.6. The molecule has 0 bridgehead atoms. The first kappa shape index (κ1) is 18.1. The molecule has 5 heteroatoms. The van der Waals surface area contributed by atoms with Crippen molar-refractivity contribution in [2.75, 3.05) is 37.5 Å². The number of para-hydroxylation sites is 2. The molecule has 0 aliphatic carbocycles. The third kappa shape index (κ3) is 3.77. The van der Waals surface area contributed by atoms with E-state index in [0.717, 1.165) is 30.4 Å². The predicted octanol–water partition coefficient (Wildman–Crippen LogP) is 4.19. The highest BCUT2D eigenvalue weighted by molar-refractivity contribution is 6.09. The quantitative estimate of drug-likeness (QED) is 0.875. The minimum Gasteiger partial charge on any atom is -0.496 e. The maximum Gasteiger partial charge on any atom is 0.263 e. The van der Waals surface area contributed by atoms with Crippen LogP contribution in [0, 0.1) is 5.92 Å². The van der Waals surface area contributed by atoms with Crippen LogP contribution >= 0.6 is 0 Å². The Balaban J connectivity index is 1.87. The lowest BCUT2D eigenvalue weighted by atomic mass is 9.98. The van der Waals surface area contributed by atoms with Crippen molar-refractivity contribution in [2.24, 2.45) is 5.92 Å². The molecule has 0 radical (unpaired) electrons. The Labute approximate surface area is 154 Å². The van der Waals surface area contributed by atoms with Gasteiger partial charge in [0.2, 0.25) is 0 Å². The van der Waals surface area contributed by atoms with Gasteiger partial charge in [0.1, 0.15) is 17.1 Å². The molecule has 1 aliphatic heterocycles. The summed E-state index contributed by atoms with van der Waals surface area (Å²) < 4.78 is 10.7. The predicted molar refractivity (Wildman–Crippen MR) is 105 cm³/mol. The second-order valence-electron chi connectivity index (χ2n) is 6.68. The van der Waals surface area contributed by atoms with Crippen molar-refractivity contribution in [3.63, 3.8) is 0 Å². The van der Waals surface area contributed by atoms with Crippen LogP contribution in [0.3, 0.4) is 0 Å². The minimum atomic E-state index is -0.239. The van der Waals surface area contributed by atoms with Crippen molar-refractivity contribution in [3.05, 3.63) is 48.0 Å². The minimum absolute atomic E-state index is 0.239. The second-order valence-corrected chi connectivity index (χ2v) is 6.68. The van der Waals surface area contributed by atoms with Crippen molar-refractivity contribution in [2.45, 2.75) is 19.8 Å². The molecule has 1 saturated heterocycles. The van der Waals surface area contributed by atoms with E-state index in [1.165, 1.54) is 12.8 Å². The number of piperidine rings is 1. The molecular formula is C21H26N2O3. The molecule has 0 atom stereocenters. The molecule has 1 heterocycles. The SMILES string of the molecule is COc1cccc(OC)c1C(=O)Nc1ccccc1N1CCC(C)CC1. The number of nitrogens with zero attached hydrogens (tertiary/aromatic N) is 1. The molecule has 0 aromatic heterocycles. The van der Waals surface area contributed by atoms with E-state index in [1.807, 2.05) is 18.2 Å². The Morgan fingerprint density at radius 1 is 1.00 bits per heavy atom. The van der Waals surface area contributed by atoms with Gasteiger partial charge in [-0.25, -0.2) is 0 Å². The molecular weight excluding hydrogens is 328 g/mol. The molecule has 138 valence electrons. The number of anilines is 2. The van der Waals surface area contributed by atoms with Crippen LogP contribution in [0.1, 0.15) is 30.1 Å². The smallest absolute Gasteiger partial charge is 0.263 e. The van der Waals surface area contributed by atoms with Crippen LogP contribution in [-0.2, 0) is 0 Å². The van der Waals surface area contributed by atoms with E-state index in [-0.39, 0.29) is 5.91 Å². The number of hydrogen-bond donors (Lipinski definition) is 1. The summed E-state index contributed by atoms with van der Waals surface area (Å²) in [5, 5.41) is 3.04. The Kier molecular flexibility index (Phi) is 5.66. The van der Waals surface area contributed by atoms with E-state index >= 15 is 0 Å². The topological polar surface area (TPSA) is 50.8 Å². The van der Waals surface area contributed by atoms with Gasteiger partial charge in [-0.15, -0.1) is 0 Å². The van der Waals surface area contributed by atoms with Crippen molar-refractivity contribution >= 4 is 17.3 Å². The Morgan fingerprint density at radius 3 is 2.23 bits per heavy atom. The summed E-state index contributed by atoms with van der Waals surface area (Å²) in [6.07, 6.45) is 2.34. The summed E-state index contributed by atoms with van der Waals surface area (Å²) in [5.41, 5.74) is 2.26. The summed E-state index contributed by atoms with van der Waals surface area (Å²) in [5.74, 6) is 1.50. The number of carbonyl (C=O) groups is 1. The van der Waals surface area contributed by atoms with Gasteiger partial charge in [-0.3, -0.25) is 4.79 Å². The molecule has 1 N–H and O–H groups in total. The molecule has 3 rings (SSSR count). The molecule has 26 heavy (non-hydrogen) atoms. The van der Waals surface area contributed by atoms with E-state index in [0.29, 0.717) is 17.1 Å². The third-order valence-corrected chi connectivity index (χ3v) is 4.93. The van der Waals surface area contributed by atoms with Crippen LogP contribution in [0.4, 0.5) is 11.4 Å². The van der Waals surface area contributed by atoms with Crippen molar-refractivity contribution in [3.8, 4) is 11.5 Å². The number of methoxy groups -OCH3 is 2. The fourth-order valence-corrected chi connectivity index (χ4v) is 3.36. The zero-order chi connectivity index (χ0) is 18.5. The van der Waals surface area contributed by atoms with E-state index in [1.54, 1.807) is 32.4 Å². The molecule has 1 amide bonds. The average Bonchev–Trinajstić information content (AvgIpc) is 2.68. The van der Waals surface area contributed by atoms with Crippen molar-refractivity contribution in [1.82, 2.24) is 0 Å². The average molecular weight is 354 g/mol. The number of rotatable bonds is 5. The maximum atomic E-state index is 13.0. The molecule has 5 nitrogen and oxygen atoms in total. The van der Waals surface area contributed by atoms with Crippen LogP contribution in [0.15, 0.2) is 42.5 Å². The third-order valence-electron chi connectivity index (χ3n) is 4.93. The van der Waals surface area contributed by atoms with E-state index < -0.39 is 0 Å². The number of carbonyl (C=O) groups excluding carboxylic acids is 1. The summed E-state index contributed by atoms with van der Waals surface area (Å²) in [6.45, 7) is 4.30. The molecule has 0 unspecified atom stereocenters. The standard InChI is InChI=1S/C21H26N2O3/c1-15-11-13-23(14-12-15)17-8-5-4-7-16(17)22-21(24)20-18(25-2)9-6-10-19(20)26-3/h4-10,15H,11-14H2,1-3H3,(H,22,24). The molecule has 1 aliphatic rings. The first-order valence-electron chi connectivity index (χ1n) is 9.00. The lowest BCUT2D eigenvalue weighted by molar-refractivity contribution is 0.102. The Bertz CT molecular complexity index is 745. The van der Waals surface area contributed by atoms with Gasteiger partial charge < -0.3 is 19.7 Å². The fourth-order valence-electron chi connectivity index (χ4n) is 3.36. The number of amides is 1. The Hall–Kier alpha value is -2.69. The number of benzene rings is 2. The summed E-state index contributed by atoms with van der Waals surface area (Å²) in [4.78, 5) is 15.3. The van der Waals surface area contributed by atoms with Gasteiger partial charge in [0.25, 0.3) is 5.91 Å². The molecule has 2 aromatic rings. The summed E-state index contributed by atoms with van der Waals surface area (Å²) >= 11 is 0. The summed E-state index contributed by atoms with van der Waals surface area (Å²) in [7, 11) is 3.10. The highest BCUT2D eigenvalue weighted by Crippen LogP contribution is 2.33. The monoisotopic (exact) mass is 354 g/mol. The first-order valence-corrected chi connectivity index (χ1v) is 9.00. The number of ether oxygens (including phenoxy) is 2. The van der Waals surface area contributed by atoms with Gasteiger partial charge in [-0.2, -0.15) is 0 Å². The summed E-state index contributed by atoms with van der Waals surface area (Å²) in [6, 6.07) is 13.3. The fraction of sp³-hybridized carbons (Fsp3) is 0.381. The highest BCUT2D eigenvalue weighted by Gasteiger charge is 2.22. The van der Waals surface area contributed by atoms with Gasteiger partial charge in [-0.1, -0.05) is 25.1 Å². The van der Waals surface area contributed by atoms with Crippen LogP contribution in [-0.4, -0.2) is 33.2 Å². The number of nitrogens with one attached hydrogen (secondary N) is 1. The van der Waals surface area contributed by atoms with Gasteiger partial charge >= 0.3 is 0 Å². The van der Waals surface area contributed by atoms with Gasteiger partial charge in [0, 0.05) is 13.1 Å². The van der Waals surface area contributed by atoms with Crippen LogP contribution in [0.25, 0.3) is 0 Å². The van der Waals surface area contributed by atoms with Crippen molar-refractivity contribution in [1.29, 1.82) is 0 Å². The highest BCUT2D eigenvalue weighted by atomic mass is 16.5. The maximum absolute atomic E-state index is 13.0. The van der Waals surface area contributed by atoms with Crippen molar-refractivity contribution < 1.29 is 14.3 Å². The van der Waals surface area contributed by atoms with E-state index in [9.17, 15) is 4.79 Å². The largest absolute Gasteiger partial charge is 0.496 e. The lowest BCUT2D eigenvalue weighted by Crippen LogP contribution is -2.33. The van der Waals surface area contributed by atoms with E-state index in [2.05, 4.69) is 23.2 Å². The van der Waals surface area contributed by atoms with Gasteiger partial charge in [0.15, 0.2) is 0 Å². The second kappa shape index (κ2) is 8.13. The molecule has 0 spiro atoms. The van der Waals surface area contributed by atoms with Crippen LogP contribution in [0.2, 0.25) is 0 Å². The Morgan fingerprint density at radius 2 is 1.62 bits per heavy atom. The van der Waals surface area contributed by atoms with Gasteiger partial charge in [0.05, 0.1) is 25.6 Å². The lowest BCUT2D eigenvalue weighted by Gasteiger charge is -2.33. The van der Waals surface area contributed by atoms with Crippen LogP contribution in [0.5, 0.6) is 11.5 Å². The molecule has 1 fully saturated rings. The number of hydrogen-bond acceptors (Lipinski definition) is 4. The zero-order valence-corrected chi connectivity index (χ0v) is 15.6. The normalized spacial score (nSPS) is 14.8.